The van der Waals surface area contributed by atoms with Crippen molar-refractivity contribution in [3.8, 4) is 11.5 Å². The predicted molar refractivity (Wildman–Crippen MR) is 96.4 cm³/mol. The Bertz CT molecular complexity index is 1140. The van der Waals surface area contributed by atoms with E-state index >= 15 is 0 Å². The van der Waals surface area contributed by atoms with Crippen molar-refractivity contribution in [3.63, 3.8) is 0 Å². The highest BCUT2D eigenvalue weighted by atomic mass is 35.5. The Morgan fingerprint density at radius 1 is 1.11 bits per heavy atom. The van der Waals surface area contributed by atoms with Crippen LogP contribution in [0.2, 0.25) is 5.02 Å². The smallest absolute Gasteiger partial charge is 0.493 e. The second-order valence-electron chi connectivity index (χ2n) is 5.36. The fraction of sp³-hybridized carbons (Fsp3) is 0.125. The van der Waals surface area contributed by atoms with E-state index in [-0.39, 0.29) is 22.5 Å². The van der Waals surface area contributed by atoms with Gasteiger partial charge in [-0.25, -0.2) is 9.97 Å². The third kappa shape index (κ3) is 4.04. The van der Waals surface area contributed by atoms with Crippen molar-refractivity contribution in [1.29, 1.82) is 0 Å². The summed E-state index contributed by atoms with van der Waals surface area (Å²) in [7, 11) is -4.73. The lowest BCUT2D eigenvalue weighted by molar-refractivity contribution is -0.0500. The van der Waals surface area contributed by atoms with E-state index in [0.717, 1.165) is 13.2 Å². The fourth-order valence-corrected chi connectivity index (χ4v) is 2.91. The molecule has 3 rings (SSSR count). The van der Waals surface area contributed by atoms with Crippen LogP contribution in [0.25, 0.3) is 10.9 Å². The molecule has 1 aromatic heterocycles. The molecule has 28 heavy (non-hydrogen) atoms. The molecule has 12 heteroatoms. The molecule has 2 aromatic carbocycles. The third-order valence-corrected chi connectivity index (χ3v) is 4.69. The predicted octanol–water partition coefficient (Wildman–Crippen LogP) is 4.26. The van der Waals surface area contributed by atoms with Gasteiger partial charge in [0.05, 0.1) is 12.6 Å². The average molecular weight is 434 g/mol. The Morgan fingerprint density at radius 2 is 1.86 bits per heavy atom. The molecule has 0 unspecified atom stereocenters. The topological polar surface area (TPSA) is 90.4 Å². The molecule has 0 amide bonds. The molecule has 0 atom stereocenters. The first-order chi connectivity index (χ1) is 13.1. The summed E-state index contributed by atoms with van der Waals surface area (Å²) in [5.74, 6) is -0.701. The molecular formula is C16H11ClF3N3O4S. The second-order valence-corrected chi connectivity index (χ2v) is 7.34. The largest absolute Gasteiger partial charge is 0.534 e. The van der Waals surface area contributed by atoms with Crippen LogP contribution in [-0.2, 0) is 10.1 Å². The molecule has 0 saturated heterocycles. The van der Waals surface area contributed by atoms with Gasteiger partial charge in [0.2, 0.25) is 0 Å². The van der Waals surface area contributed by atoms with Crippen molar-refractivity contribution in [2.75, 3.05) is 12.4 Å². The molecule has 7 nitrogen and oxygen atoms in total. The molecule has 0 radical (unpaired) electrons. The highest BCUT2D eigenvalue weighted by Crippen LogP contribution is 2.37. The zero-order valence-electron chi connectivity index (χ0n) is 14.0. The number of fused-ring (bicyclic) bond motifs is 1. The molecule has 0 aliphatic carbocycles. The fourth-order valence-electron chi connectivity index (χ4n) is 2.26. The highest BCUT2D eigenvalue weighted by Gasteiger charge is 2.49. The van der Waals surface area contributed by atoms with E-state index in [1.54, 1.807) is 24.3 Å². The minimum absolute atomic E-state index is 0.198. The lowest BCUT2D eigenvalue weighted by atomic mass is 10.2. The van der Waals surface area contributed by atoms with Gasteiger partial charge in [0.25, 0.3) is 0 Å². The normalized spacial score (nSPS) is 12.0. The standard InChI is InChI=1S/C16H11ClF3N3O4S/c1-26-13-7-12-11(6-14(13)27-28(24,25)16(18,19)20)15(22-8-21-12)23-10-4-2-3-9(17)5-10/h2-8H,1H3,(H,21,22,23). The van der Waals surface area contributed by atoms with E-state index in [1.807, 2.05) is 0 Å². The SMILES string of the molecule is COc1cc2ncnc(Nc3cccc(Cl)c3)c2cc1OS(=O)(=O)C(F)(F)F. The molecule has 3 aromatic rings. The molecule has 0 spiro atoms. The zero-order chi connectivity index (χ0) is 20.5. The summed E-state index contributed by atoms with van der Waals surface area (Å²) in [6.07, 6.45) is 1.22. The Morgan fingerprint density at radius 3 is 2.50 bits per heavy atom. The molecule has 0 bridgehead atoms. The van der Waals surface area contributed by atoms with Gasteiger partial charge >= 0.3 is 15.6 Å². The van der Waals surface area contributed by atoms with Crippen LogP contribution >= 0.6 is 11.6 Å². The van der Waals surface area contributed by atoms with Crippen molar-refractivity contribution < 1.29 is 30.5 Å². The van der Waals surface area contributed by atoms with Gasteiger partial charge in [0, 0.05) is 22.2 Å². The lowest BCUT2D eigenvalue weighted by Gasteiger charge is -2.14. The number of nitrogens with one attached hydrogen (secondary N) is 1. The van der Waals surface area contributed by atoms with Crippen molar-refractivity contribution >= 4 is 44.1 Å². The Kier molecular flexibility index (Phi) is 5.22. The number of benzene rings is 2. The number of ether oxygens (including phenoxy) is 1. The van der Waals surface area contributed by atoms with Gasteiger partial charge in [-0.2, -0.15) is 21.6 Å². The summed E-state index contributed by atoms with van der Waals surface area (Å²) in [4.78, 5) is 8.05. The van der Waals surface area contributed by atoms with E-state index in [9.17, 15) is 21.6 Å². The summed E-state index contributed by atoms with van der Waals surface area (Å²) in [5.41, 5.74) is -4.76. The molecule has 1 N–H and O–H groups in total. The number of aromatic nitrogens is 2. The molecular weight excluding hydrogens is 423 g/mol. The maximum atomic E-state index is 12.7. The summed E-state index contributed by atoms with van der Waals surface area (Å²) in [6, 6.07) is 8.91. The van der Waals surface area contributed by atoms with Gasteiger partial charge in [0.1, 0.15) is 12.1 Å². The minimum atomic E-state index is -5.89. The monoisotopic (exact) mass is 433 g/mol. The summed E-state index contributed by atoms with van der Waals surface area (Å²) in [5, 5.41) is 3.60. The first-order valence-electron chi connectivity index (χ1n) is 7.47. The second kappa shape index (κ2) is 7.32. The van der Waals surface area contributed by atoms with Crippen LogP contribution in [0.15, 0.2) is 42.7 Å². The van der Waals surface area contributed by atoms with E-state index < -0.39 is 21.4 Å². The average Bonchev–Trinajstić information content (AvgIpc) is 2.60. The maximum Gasteiger partial charge on any atom is 0.534 e. The number of alkyl halides is 3. The van der Waals surface area contributed by atoms with Gasteiger partial charge in [-0.1, -0.05) is 17.7 Å². The van der Waals surface area contributed by atoms with Gasteiger partial charge in [-0.3, -0.25) is 0 Å². The Balaban J connectivity index is 2.10. The lowest BCUT2D eigenvalue weighted by Crippen LogP contribution is -2.28. The number of hydrogen-bond donors (Lipinski definition) is 1. The molecule has 0 aliphatic heterocycles. The Labute approximate surface area is 162 Å². The molecule has 1 heterocycles. The number of rotatable bonds is 5. The summed E-state index contributed by atoms with van der Waals surface area (Å²) < 4.78 is 69.9. The van der Waals surface area contributed by atoms with Crippen LogP contribution in [0.4, 0.5) is 24.7 Å². The van der Waals surface area contributed by atoms with E-state index in [4.69, 9.17) is 16.3 Å². The van der Waals surface area contributed by atoms with Crippen molar-refractivity contribution in [2.24, 2.45) is 0 Å². The summed E-state index contributed by atoms with van der Waals surface area (Å²) in [6.45, 7) is 0. The van der Waals surface area contributed by atoms with Gasteiger partial charge < -0.3 is 14.2 Å². The number of hydrogen-bond acceptors (Lipinski definition) is 7. The molecule has 0 saturated carbocycles. The van der Waals surface area contributed by atoms with Crippen molar-refractivity contribution in [3.05, 3.63) is 47.7 Å². The first-order valence-corrected chi connectivity index (χ1v) is 9.25. The van der Waals surface area contributed by atoms with Gasteiger partial charge in [-0.05, 0) is 24.3 Å². The van der Waals surface area contributed by atoms with Crippen LogP contribution in [0.3, 0.4) is 0 Å². The quantitative estimate of drug-likeness (QED) is 0.474. The van der Waals surface area contributed by atoms with Crippen LogP contribution in [-0.4, -0.2) is 31.0 Å². The van der Waals surface area contributed by atoms with Crippen molar-refractivity contribution in [2.45, 2.75) is 5.51 Å². The van der Waals surface area contributed by atoms with Crippen molar-refractivity contribution in [1.82, 2.24) is 9.97 Å². The first kappa shape index (κ1) is 20.0. The van der Waals surface area contributed by atoms with Gasteiger partial charge in [0.15, 0.2) is 11.5 Å². The van der Waals surface area contributed by atoms with E-state index in [2.05, 4.69) is 19.5 Å². The maximum absolute atomic E-state index is 12.7. The van der Waals surface area contributed by atoms with Gasteiger partial charge in [-0.15, -0.1) is 0 Å². The van der Waals surface area contributed by atoms with Crippen LogP contribution in [0.5, 0.6) is 11.5 Å². The third-order valence-electron chi connectivity index (χ3n) is 3.49. The minimum Gasteiger partial charge on any atom is -0.493 e. The highest BCUT2D eigenvalue weighted by molar-refractivity contribution is 7.88. The molecule has 0 aliphatic rings. The zero-order valence-corrected chi connectivity index (χ0v) is 15.6. The number of halogens is 4. The van der Waals surface area contributed by atoms with E-state index in [0.29, 0.717) is 10.7 Å². The van der Waals surface area contributed by atoms with Crippen LogP contribution in [0, 0.1) is 0 Å². The number of nitrogens with zero attached hydrogens (tertiary/aromatic N) is 2. The Hall–Kier alpha value is -2.79. The van der Waals surface area contributed by atoms with Crippen LogP contribution in [0.1, 0.15) is 0 Å². The molecule has 0 fully saturated rings. The summed E-state index contributed by atoms with van der Waals surface area (Å²) >= 11 is 5.93. The van der Waals surface area contributed by atoms with Crippen LogP contribution < -0.4 is 14.2 Å². The van der Waals surface area contributed by atoms with E-state index in [1.165, 1.54) is 12.4 Å². The number of anilines is 2. The molecule has 148 valence electrons. The number of methoxy groups -OCH3 is 1.